The van der Waals surface area contributed by atoms with Gasteiger partial charge in [0.25, 0.3) is 0 Å². The van der Waals surface area contributed by atoms with Crippen molar-refractivity contribution in [1.29, 1.82) is 0 Å². The average molecular weight is 311 g/mol. The van der Waals surface area contributed by atoms with Gasteiger partial charge in [-0.25, -0.2) is 13.1 Å². The maximum Gasteiger partial charge on any atom is 0.242 e. The molecule has 0 amide bonds. The molecule has 0 aliphatic heterocycles. The highest BCUT2D eigenvalue weighted by Gasteiger charge is 2.30. The highest BCUT2D eigenvalue weighted by atomic mass is 32.2. The molecule has 1 heterocycles. The van der Waals surface area contributed by atoms with Crippen LogP contribution >= 0.6 is 0 Å². The Bertz CT molecular complexity index is 584. The molecule has 5 nitrogen and oxygen atoms in total. The summed E-state index contributed by atoms with van der Waals surface area (Å²) in [5, 5.41) is 3.37. The summed E-state index contributed by atoms with van der Waals surface area (Å²) in [4.78, 5) is 3.39. The third-order valence-corrected chi connectivity index (χ3v) is 6.07. The van der Waals surface area contributed by atoms with Gasteiger partial charge >= 0.3 is 0 Å². The van der Waals surface area contributed by atoms with Crippen LogP contribution in [-0.2, 0) is 16.6 Å². The van der Waals surface area contributed by atoms with E-state index in [0.29, 0.717) is 24.0 Å². The van der Waals surface area contributed by atoms with Crippen molar-refractivity contribution in [3.8, 4) is 0 Å². The van der Waals surface area contributed by atoms with E-state index >= 15 is 0 Å². The summed E-state index contributed by atoms with van der Waals surface area (Å²) in [7, 11) is -3.40. The average Bonchev–Trinajstić information content (AvgIpc) is 2.97. The van der Waals surface area contributed by atoms with Crippen LogP contribution in [0.4, 0.5) is 0 Å². The molecule has 0 unspecified atom stereocenters. The molecule has 3 rings (SSSR count). The first-order chi connectivity index (χ1) is 9.97. The Labute approximate surface area is 127 Å². The van der Waals surface area contributed by atoms with Gasteiger partial charge in [0.1, 0.15) is 0 Å². The van der Waals surface area contributed by atoms with Crippen LogP contribution in [0.2, 0.25) is 0 Å². The van der Waals surface area contributed by atoms with Gasteiger partial charge in [-0.15, -0.1) is 0 Å². The molecular formula is C15H25N3O2S. The number of nitrogens with one attached hydrogen (secondary N) is 3. The summed E-state index contributed by atoms with van der Waals surface area (Å²) >= 11 is 0. The van der Waals surface area contributed by atoms with Crippen LogP contribution in [0.25, 0.3) is 0 Å². The topological polar surface area (TPSA) is 74.0 Å². The fourth-order valence-electron chi connectivity index (χ4n) is 2.98. The second-order valence-electron chi connectivity index (χ2n) is 6.86. The number of hydrogen-bond acceptors (Lipinski definition) is 3. The van der Waals surface area contributed by atoms with Gasteiger partial charge in [-0.05, 0) is 37.2 Å². The fourth-order valence-corrected chi connectivity index (χ4v) is 4.19. The third-order valence-electron chi connectivity index (χ3n) is 4.68. The van der Waals surface area contributed by atoms with Crippen molar-refractivity contribution in [3.63, 3.8) is 0 Å². The Kier molecular flexibility index (Phi) is 4.12. The maximum atomic E-state index is 12.3. The van der Waals surface area contributed by atoms with Gasteiger partial charge in [0.15, 0.2) is 0 Å². The van der Waals surface area contributed by atoms with Crippen LogP contribution in [0.3, 0.4) is 0 Å². The van der Waals surface area contributed by atoms with E-state index in [1.807, 2.05) is 0 Å². The van der Waals surface area contributed by atoms with Crippen LogP contribution in [-0.4, -0.2) is 26.0 Å². The van der Waals surface area contributed by atoms with Gasteiger partial charge in [0.2, 0.25) is 10.0 Å². The second-order valence-corrected chi connectivity index (χ2v) is 8.63. The normalized spacial score (nSPS) is 21.8. The Hall–Kier alpha value is -0.850. The van der Waals surface area contributed by atoms with E-state index < -0.39 is 10.0 Å². The van der Waals surface area contributed by atoms with Crippen molar-refractivity contribution in [2.24, 2.45) is 5.41 Å². The number of sulfonamides is 1. The van der Waals surface area contributed by atoms with Crippen LogP contribution in [0.15, 0.2) is 17.2 Å². The molecule has 2 saturated carbocycles. The zero-order valence-electron chi connectivity index (χ0n) is 12.6. The maximum absolute atomic E-state index is 12.3. The molecule has 21 heavy (non-hydrogen) atoms. The molecule has 0 spiro atoms. The van der Waals surface area contributed by atoms with Crippen LogP contribution in [0.1, 0.15) is 51.1 Å². The summed E-state index contributed by atoms with van der Waals surface area (Å²) in [5.74, 6) is 0. The van der Waals surface area contributed by atoms with Crippen molar-refractivity contribution in [3.05, 3.63) is 18.0 Å². The lowest BCUT2D eigenvalue weighted by atomic mass is 9.89. The van der Waals surface area contributed by atoms with E-state index in [1.54, 1.807) is 12.3 Å². The Morgan fingerprint density at radius 1 is 1.33 bits per heavy atom. The zero-order chi connectivity index (χ0) is 14.9. The predicted octanol–water partition coefficient (Wildman–Crippen LogP) is 2.13. The number of rotatable bonds is 7. The minimum absolute atomic E-state index is 0.125. The Balaban J connectivity index is 1.58. The van der Waals surface area contributed by atoms with Crippen molar-refractivity contribution in [1.82, 2.24) is 15.0 Å². The molecule has 0 bridgehead atoms. The number of aromatic nitrogens is 1. The molecule has 118 valence electrons. The summed E-state index contributed by atoms with van der Waals surface area (Å²) < 4.78 is 27.5. The highest BCUT2D eigenvalue weighted by molar-refractivity contribution is 7.89. The lowest BCUT2D eigenvalue weighted by molar-refractivity contribution is 0.336. The van der Waals surface area contributed by atoms with Crippen LogP contribution in [0.5, 0.6) is 0 Å². The quantitative estimate of drug-likeness (QED) is 0.722. The molecule has 0 saturated heterocycles. The van der Waals surface area contributed by atoms with Gasteiger partial charge in [-0.2, -0.15) is 0 Å². The number of hydrogen-bond donors (Lipinski definition) is 3. The van der Waals surface area contributed by atoms with Gasteiger partial charge < -0.3 is 10.3 Å². The SMILES string of the molecule is CC1(CNS(=O)(=O)c2c[nH]c(CNC3CC3)c2)CCCC1. The van der Waals surface area contributed by atoms with Crippen LogP contribution in [0, 0.1) is 5.41 Å². The Morgan fingerprint density at radius 2 is 2.05 bits per heavy atom. The standard InChI is InChI=1S/C15H25N3O2S/c1-15(6-2-3-7-15)11-18-21(19,20)14-8-13(17-10-14)9-16-12-4-5-12/h8,10,12,16-18H,2-7,9,11H2,1H3. The molecule has 2 fully saturated rings. The molecule has 0 atom stereocenters. The molecule has 6 heteroatoms. The summed E-state index contributed by atoms with van der Waals surface area (Å²) in [6.45, 7) is 3.42. The minimum atomic E-state index is -3.40. The molecule has 0 aromatic carbocycles. The van der Waals surface area contributed by atoms with Crippen LogP contribution < -0.4 is 10.0 Å². The fraction of sp³-hybridized carbons (Fsp3) is 0.733. The first-order valence-electron chi connectivity index (χ1n) is 7.87. The van der Waals surface area contributed by atoms with Gasteiger partial charge in [0.05, 0.1) is 4.90 Å². The molecule has 2 aliphatic rings. The smallest absolute Gasteiger partial charge is 0.242 e. The van der Waals surface area contributed by atoms with Crippen molar-refractivity contribution < 1.29 is 8.42 Å². The zero-order valence-corrected chi connectivity index (χ0v) is 13.4. The first kappa shape index (κ1) is 15.1. The molecule has 2 aliphatic carbocycles. The second kappa shape index (κ2) is 5.74. The van der Waals surface area contributed by atoms with Gasteiger partial charge in [-0.3, -0.25) is 0 Å². The highest BCUT2D eigenvalue weighted by Crippen LogP contribution is 2.37. The summed E-state index contributed by atoms with van der Waals surface area (Å²) in [6, 6.07) is 2.35. The van der Waals surface area contributed by atoms with E-state index in [4.69, 9.17) is 0 Å². The van der Waals surface area contributed by atoms with E-state index in [0.717, 1.165) is 18.5 Å². The third kappa shape index (κ3) is 3.87. The monoisotopic (exact) mass is 311 g/mol. The van der Waals surface area contributed by atoms with Crippen molar-refractivity contribution in [2.45, 2.75) is 62.9 Å². The van der Waals surface area contributed by atoms with E-state index in [-0.39, 0.29) is 5.41 Å². The summed E-state index contributed by atoms with van der Waals surface area (Å²) in [6.07, 6.45) is 8.68. The predicted molar refractivity (Wildman–Crippen MR) is 82.4 cm³/mol. The van der Waals surface area contributed by atoms with E-state index in [1.165, 1.54) is 25.7 Å². The Morgan fingerprint density at radius 3 is 2.71 bits per heavy atom. The molecule has 1 aromatic heterocycles. The van der Waals surface area contributed by atoms with Gasteiger partial charge in [0, 0.05) is 31.0 Å². The van der Waals surface area contributed by atoms with E-state index in [2.05, 4.69) is 21.9 Å². The lowest BCUT2D eigenvalue weighted by Gasteiger charge is -2.23. The lowest BCUT2D eigenvalue weighted by Crippen LogP contribution is -2.34. The largest absolute Gasteiger partial charge is 0.363 e. The van der Waals surface area contributed by atoms with Crippen molar-refractivity contribution >= 4 is 10.0 Å². The molecule has 1 aromatic rings. The van der Waals surface area contributed by atoms with Gasteiger partial charge in [-0.1, -0.05) is 19.8 Å². The molecule has 0 radical (unpaired) electrons. The number of H-pyrrole nitrogens is 1. The van der Waals surface area contributed by atoms with E-state index in [9.17, 15) is 8.42 Å². The molecule has 3 N–H and O–H groups in total. The summed E-state index contributed by atoms with van der Waals surface area (Å²) in [5.41, 5.74) is 1.05. The number of aromatic amines is 1. The minimum Gasteiger partial charge on any atom is -0.363 e. The molecular weight excluding hydrogens is 286 g/mol. The van der Waals surface area contributed by atoms with Crippen molar-refractivity contribution in [2.75, 3.05) is 6.54 Å². The first-order valence-corrected chi connectivity index (χ1v) is 9.36.